The number of anilines is 1. The third-order valence-corrected chi connectivity index (χ3v) is 5.55. The minimum Gasteiger partial charge on any atom is -0.325 e. The van der Waals surface area contributed by atoms with E-state index in [9.17, 15) is 0 Å². The van der Waals surface area contributed by atoms with E-state index in [1.165, 1.54) is 11.1 Å². The van der Waals surface area contributed by atoms with Gasteiger partial charge in [-0.2, -0.15) is 0 Å². The lowest BCUT2D eigenvalue weighted by molar-refractivity contribution is 0.720. The number of imidazole rings is 1. The van der Waals surface area contributed by atoms with Crippen molar-refractivity contribution in [2.45, 2.75) is 13.0 Å². The molecule has 3 aromatic carbocycles. The maximum atomic E-state index is 4.84. The molecule has 0 fully saturated rings. The molecule has 0 saturated heterocycles. The second kappa shape index (κ2) is 6.39. The van der Waals surface area contributed by atoms with Crippen LogP contribution in [0.15, 0.2) is 83.3 Å². The molecule has 1 aliphatic heterocycles. The summed E-state index contributed by atoms with van der Waals surface area (Å²) in [5.74, 6) is 0.877. The molecule has 1 N–H and O–H groups in total. The maximum Gasteiger partial charge on any atom is 0.209 e. The molecular formula is C23H18BrN3. The van der Waals surface area contributed by atoms with Crippen LogP contribution in [0.3, 0.4) is 0 Å². The highest BCUT2D eigenvalue weighted by molar-refractivity contribution is 9.10. The summed E-state index contributed by atoms with van der Waals surface area (Å²) >= 11 is 3.52. The van der Waals surface area contributed by atoms with E-state index in [0.717, 1.165) is 32.7 Å². The summed E-state index contributed by atoms with van der Waals surface area (Å²) < 4.78 is 3.35. The van der Waals surface area contributed by atoms with Crippen molar-refractivity contribution in [1.82, 2.24) is 9.55 Å². The molecule has 1 aliphatic rings. The summed E-state index contributed by atoms with van der Waals surface area (Å²) in [5, 5.41) is 3.53. The predicted octanol–water partition coefficient (Wildman–Crippen LogP) is 6.16. The first kappa shape index (κ1) is 16.3. The van der Waals surface area contributed by atoms with E-state index in [2.05, 4.69) is 106 Å². The molecule has 27 heavy (non-hydrogen) atoms. The number of para-hydroxylation sites is 2. The molecule has 0 saturated carbocycles. The fraction of sp³-hybridized carbons (Fsp3) is 0.0870. The van der Waals surface area contributed by atoms with Crippen molar-refractivity contribution in [1.29, 1.82) is 0 Å². The molecule has 5 rings (SSSR count). The van der Waals surface area contributed by atoms with Gasteiger partial charge in [0, 0.05) is 10.2 Å². The lowest BCUT2D eigenvalue weighted by Crippen LogP contribution is -2.19. The Balaban J connectivity index is 1.71. The molecule has 0 amide bonds. The van der Waals surface area contributed by atoms with Gasteiger partial charge in [0.25, 0.3) is 0 Å². The smallest absolute Gasteiger partial charge is 0.209 e. The number of aromatic nitrogens is 2. The number of halogens is 1. The second-order valence-electron chi connectivity index (χ2n) is 6.86. The van der Waals surface area contributed by atoms with Crippen molar-refractivity contribution in [3.05, 3.63) is 100 Å². The van der Waals surface area contributed by atoms with Crippen LogP contribution in [0.2, 0.25) is 0 Å². The molecule has 0 aliphatic carbocycles. The van der Waals surface area contributed by atoms with Crippen LogP contribution in [0.1, 0.15) is 22.7 Å². The van der Waals surface area contributed by atoms with Crippen LogP contribution in [0, 0.1) is 6.92 Å². The zero-order valence-electron chi connectivity index (χ0n) is 14.9. The van der Waals surface area contributed by atoms with E-state index < -0.39 is 0 Å². The number of rotatable bonds is 2. The minimum atomic E-state index is 0.0906. The fourth-order valence-electron chi connectivity index (χ4n) is 3.62. The van der Waals surface area contributed by atoms with E-state index in [1.807, 2.05) is 6.07 Å². The Hall–Kier alpha value is -2.85. The van der Waals surface area contributed by atoms with E-state index in [4.69, 9.17) is 4.98 Å². The molecule has 2 heterocycles. The Morgan fingerprint density at radius 1 is 0.926 bits per heavy atom. The fourth-order valence-corrected chi connectivity index (χ4v) is 3.88. The van der Waals surface area contributed by atoms with Crippen molar-refractivity contribution < 1.29 is 0 Å². The van der Waals surface area contributed by atoms with Gasteiger partial charge in [0.15, 0.2) is 0 Å². The molecule has 0 radical (unpaired) electrons. The highest BCUT2D eigenvalue weighted by Crippen LogP contribution is 2.37. The van der Waals surface area contributed by atoms with E-state index in [1.54, 1.807) is 0 Å². The lowest BCUT2D eigenvalue weighted by atomic mass is 10.00. The first-order chi connectivity index (χ1) is 13.2. The van der Waals surface area contributed by atoms with Crippen LogP contribution in [0.5, 0.6) is 0 Å². The Labute approximate surface area is 166 Å². The third-order valence-electron chi connectivity index (χ3n) is 5.02. The summed E-state index contributed by atoms with van der Waals surface area (Å²) in [6, 6.07) is 25.5. The Bertz CT molecular complexity index is 1150. The molecule has 0 spiro atoms. The average Bonchev–Trinajstić information content (AvgIpc) is 3.07. The van der Waals surface area contributed by atoms with Crippen molar-refractivity contribution in [2.75, 3.05) is 5.32 Å². The van der Waals surface area contributed by atoms with E-state index >= 15 is 0 Å². The number of allylic oxidation sites excluding steroid dienone is 1. The Morgan fingerprint density at radius 3 is 2.44 bits per heavy atom. The summed E-state index contributed by atoms with van der Waals surface area (Å²) in [6.07, 6.45) is 2.29. The van der Waals surface area contributed by atoms with Crippen molar-refractivity contribution in [2.24, 2.45) is 0 Å². The van der Waals surface area contributed by atoms with Crippen molar-refractivity contribution in [3.63, 3.8) is 0 Å². The summed E-state index contributed by atoms with van der Waals surface area (Å²) in [6.45, 7) is 2.12. The van der Waals surface area contributed by atoms with Gasteiger partial charge in [-0.05, 0) is 48.4 Å². The van der Waals surface area contributed by atoms with Gasteiger partial charge >= 0.3 is 0 Å². The molecule has 132 valence electrons. The van der Waals surface area contributed by atoms with Gasteiger partial charge in [0.05, 0.1) is 17.1 Å². The normalized spacial score (nSPS) is 15.9. The van der Waals surface area contributed by atoms with Crippen LogP contribution in [0.4, 0.5) is 5.95 Å². The number of nitrogens with one attached hydrogen (secondary N) is 1. The molecule has 1 atom stereocenters. The first-order valence-electron chi connectivity index (χ1n) is 8.97. The van der Waals surface area contributed by atoms with Crippen LogP contribution in [0.25, 0.3) is 16.7 Å². The highest BCUT2D eigenvalue weighted by atomic mass is 79.9. The van der Waals surface area contributed by atoms with Gasteiger partial charge in [-0.3, -0.25) is 4.57 Å². The number of hydrogen-bond donors (Lipinski definition) is 1. The monoisotopic (exact) mass is 415 g/mol. The molecule has 4 aromatic rings. The number of benzene rings is 3. The van der Waals surface area contributed by atoms with Crippen LogP contribution in [-0.2, 0) is 0 Å². The molecule has 1 aromatic heterocycles. The summed E-state index contributed by atoms with van der Waals surface area (Å²) in [4.78, 5) is 4.84. The SMILES string of the molecule is Cc1ccc([C@@H]2C=C(c3ccc(Br)cc3)Nc3nc4ccccc4n32)cc1. The van der Waals surface area contributed by atoms with E-state index in [0.29, 0.717) is 0 Å². The zero-order valence-corrected chi connectivity index (χ0v) is 16.4. The standard InChI is InChI=1S/C23H18BrN3/c1-15-6-8-17(9-7-15)22-14-20(16-10-12-18(24)13-11-16)26-23-25-19-4-2-3-5-21(19)27(22)23/h2-14,22H,1H3,(H,25,26)/t22-/m0/s1. The van der Waals surface area contributed by atoms with Crippen molar-refractivity contribution in [3.8, 4) is 0 Å². The molecule has 0 unspecified atom stereocenters. The maximum absolute atomic E-state index is 4.84. The Morgan fingerprint density at radius 2 is 1.67 bits per heavy atom. The van der Waals surface area contributed by atoms with Crippen LogP contribution in [-0.4, -0.2) is 9.55 Å². The topological polar surface area (TPSA) is 29.9 Å². The van der Waals surface area contributed by atoms with Crippen LogP contribution < -0.4 is 5.32 Å². The van der Waals surface area contributed by atoms with Gasteiger partial charge in [-0.1, -0.05) is 70.0 Å². The lowest BCUT2D eigenvalue weighted by Gasteiger charge is -2.26. The quantitative estimate of drug-likeness (QED) is 0.424. The molecule has 0 bridgehead atoms. The van der Waals surface area contributed by atoms with Gasteiger partial charge in [-0.25, -0.2) is 4.98 Å². The zero-order chi connectivity index (χ0) is 18.4. The number of aryl methyl sites for hydroxylation is 1. The average molecular weight is 416 g/mol. The van der Waals surface area contributed by atoms with E-state index in [-0.39, 0.29) is 6.04 Å². The molecule has 4 heteroatoms. The van der Waals surface area contributed by atoms with Gasteiger partial charge in [0.1, 0.15) is 0 Å². The van der Waals surface area contributed by atoms with Gasteiger partial charge in [-0.15, -0.1) is 0 Å². The molecule has 3 nitrogen and oxygen atoms in total. The first-order valence-corrected chi connectivity index (χ1v) is 9.77. The highest BCUT2D eigenvalue weighted by Gasteiger charge is 2.25. The van der Waals surface area contributed by atoms with Gasteiger partial charge in [0.2, 0.25) is 5.95 Å². The minimum absolute atomic E-state index is 0.0906. The van der Waals surface area contributed by atoms with Crippen molar-refractivity contribution >= 4 is 38.6 Å². The number of fused-ring (bicyclic) bond motifs is 3. The summed E-state index contributed by atoms with van der Waals surface area (Å²) in [7, 11) is 0. The second-order valence-corrected chi connectivity index (χ2v) is 7.78. The predicted molar refractivity (Wildman–Crippen MR) is 115 cm³/mol. The molecular weight excluding hydrogens is 398 g/mol. The number of hydrogen-bond acceptors (Lipinski definition) is 2. The third kappa shape index (κ3) is 2.86. The number of nitrogens with zero attached hydrogens (tertiary/aromatic N) is 2. The summed E-state index contributed by atoms with van der Waals surface area (Å²) in [5.41, 5.74) is 6.88. The van der Waals surface area contributed by atoms with Crippen LogP contribution >= 0.6 is 15.9 Å². The Kier molecular flexibility index (Phi) is 3.87. The van der Waals surface area contributed by atoms with Gasteiger partial charge < -0.3 is 5.32 Å². The largest absolute Gasteiger partial charge is 0.325 e.